The molecule has 0 aromatic heterocycles. The number of carbonyl (C=O) groups is 1. The molecule has 0 saturated heterocycles. The summed E-state index contributed by atoms with van der Waals surface area (Å²) < 4.78 is 4.42. The maximum atomic E-state index is 11.3. The van der Waals surface area contributed by atoms with Gasteiger partial charge in [-0.2, -0.15) is 0 Å². The number of methoxy groups -OCH3 is 1. The number of benzene rings is 1. The molecule has 0 N–H and O–H groups in total. The molecule has 0 aliphatic rings. The summed E-state index contributed by atoms with van der Waals surface area (Å²) in [5.41, 5.74) is -1.21. The number of hydrogen-bond acceptors (Lipinski definition) is 6. The van der Waals surface area contributed by atoms with E-state index in [9.17, 15) is 25.0 Å². The quantitative estimate of drug-likeness (QED) is 0.450. The van der Waals surface area contributed by atoms with Gasteiger partial charge in [-0.1, -0.05) is 0 Å². The third-order valence-corrected chi connectivity index (χ3v) is 2.12. The lowest BCUT2D eigenvalue weighted by molar-refractivity contribution is -0.422. The number of rotatable bonds is 3. The molecule has 0 atom stereocenters. The van der Waals surface area contributed by atoms with Crippen molar-refractivity contribution in [3.63, 3.8) is 0 Å². The zero-order chi connectivity index (χ0) is 13.2. The maximum Gasteiger partial charge on any atom is 0.346 e. The average Bonchev–Trinajstić information content (AvgIpc) is 2.27. The van der Waals surface area contributed by atoms with Crippen LogP contribution in [0.5, 0.6) is 0 Å². The Hall–Kier alpha value is -2.51. The van der Waals surface area contributed by atoms with Gasteiger partial charge >= 0.3 is 17.3 Å². The van der Waals surface area contributed by atoms with Gasteiger partial charge in [0, 0.05) is 12.1 Å². The van der Waals surface area contributed by atoms with E-state index in [1.54, 1.807) is 0 Å². The van der Waals surface area contributed by atoms with E-state index < -0.39 is 27.2 Å². The molecular weight excluding hydrogens is 232 g/mol. The minimum Gasteiger partial charge on any atom is -0.465 e. The van der Waals surface area contributed by atoms with Gasteiger partial charge in [0.05, 0.1) is 22.5 Å². The monoisotopic (exact) mass is 240 g/mol. The summed E-state index contributed by atoms with van der Waals surface area (Å²) in [5.74, 6) is -0.777. The highest BCUT2D eigenvalue weighted by atomic mass is 16.6. The van der Waals surface area contributed by atoms with Crippen LogP contribution in [-0.4, -0.2) is 22.9 Å². The molecule has 0 saturated carbocycles. The molecule has 0 aliphatic heterocycles. The summed E-state index contributed by atoms with van der Waals surface area (Å²) in [7, 11) is 1.12. The van der Waals surface area contributed by atoms with Crippen molar-refractivity contribution < 1.29 is 19.4 Å². The second-order valence-corrected chi connectivity index (χ2v) is 3.16. The predicted octanol–water partition coefficient (Wildman–Crippen LogP) is 1.60. The van der Waals surface area contributed by atoms with Crippen LogP contribution in [0.4, 0.5) is 11.4 Å². The molecule has 90 valence electrons. The highest BCUT2D eigenvalue weighted by molar-refractivity contribution is 5.92. The number of ether oxygens (including phenoxy) is 1. The van der Waals surface area contributed by atoms with Crippen molar-refractivity contribution in [1.29, 1.82) is 0 Å². The lowest BCUT2D eigenvalue weighted by Gasteiger charge is -2.03. The minimum atomic E-state index is -0.913. The Morgan fingerprint density at radius 3 is 2.06 bits per heavy atom. The normalized spacial score (nSPS) is 9.76. The Bertz CT molecular complexity index is 510. The van der Waals surface area contributed by atoms with Gasteiger partial charge in [0.15, 0.2) is 0 Å². The minimum absolute atomic E-state index is 0.0650. The first-order chi connectivity index (χ1) is 7.88. The number of aryl methyl sites for hydroxylation is 1. The summed E-state index contributed by atoms with van der Waals surface area (Å²) in [6, 6.07) is 1.82. The van der Waals surface area contributed by atoms with Gasteiger partial charge in [-0.25, -0.2) is 4.79 Å². The first kappa shape index (κ1) is 12.6. The third-order valence-electron chi connectivity index (χ3n) is 2.12. The van der Waals surface area contributed by atoms with Gasteiger partial charge in [-0.3, -0.25) is 20.2 Å². The molecule has 0 amide bonds. The van der Waals surface area contributed by atoms with Crippen molar-refractivity contribution in [3.05, 3.63) is 43.5 Å². The van der Waals surface area contributed by atoms with E-state index in [2.05, 4.69) is 4.74 Å². The zero-order valence-electron chi connectivity index (χ0n) is 9.00. The molecule has 0 aliphatic carbocycles. The molecule has 1 rings (SSSR count). The molecule has 8 heteroatoms. The predicted molar refractivity (Wildman–Crippen MR) is 55.8 cm³/mol. The molecule has 1 aromatic carbocycles. The summed E-state index contributed by atoms with van der Waals surface area (Å²) in [6.45, 7) is 1.43. The molecule has 0 heterocycles. The van der Waals surface area contributed by atoms with Crippen LogP contribution in [0.25, 0.3) is 0 Å². The van der Waals surface area contributed by atoms with E-state index in [-0.39, 0.29) is 11.1 Å². The van der Waals surface area contributed by atoms with Crippen LogP contribution >= 0.6 is 0 Å². The van der Waals surface area contributed by atoms with Gasteiger partial charge in [-0.15, -0.1) is 0 Å². The zero-order valence-corrected chi connectivity index (χ0v) is 9.00. The van der Waals surface area contributed by atoms with Crippen LogP contribution in [-0.2, 0) is 4.74 Å². The molecule has 0 unspecified atom stereocenters. The third kappa shape index (κ3) is 2.36. The molecule has 0 radical (unpaired) electrons. The van der Waals surface area contributed by atoms with Gasteiger partial charge in [0.2, 0.25) is 0 Å². The number of esters is 1. The Kier molecular flexibility index (Phi) is 3.37. The van der Waals surface area contributed by atoms with Crippen molar-refractivity contribution >= 4 is 17.3 Å². The van der Waals surface area contributed by atoms with E-state index in [0.29, 0.717) is 0 Å². The SMILES string of the molecule is COC(=O)c1cc([N+](=O)[O-])c([N+](=O)[O-])cc1C. The van der Waals surface area contributed by atoms with Crippen molar-refractivity contribution in [3.8, 4) is 0 Å². The summed E-state index contributed by atoms with van der Waals surface area (Å²) in [5, 5.41) is 21.3. The molecule has 0 spiro atoms. The van der Waals surface area contributed by atoms with E-state index in [1.165, 1.54) is 6.92 Å². The van der Waals surface area contributed by atoms with Crippen LogP contribution in [0.2, 0.25) is 0 Å². The number of hydrogen-bond donors (Lipinski definition) is 0. The fraction of sp³-hybridized carbons (Fsp3) is 0.222. The first-order valence-corrected chi connectivity index (χ1v) is 4.40. The molecule has 1 aromatic rings. The second kappa shape index (κ2) is 4.56. The Balaban J connectivity index is 3.50. The van der Waals surface area contributed by atoms with Crippen molar-refractivity contribution in [2.75, 3.05) is 7.11 Å². The average molecular weight is 240 g/mol. The first-order valence-electron chi connectivity index (χ1n) is 4.40. The van der Waals surface area contributed by atoms with Gasteiger partial charge in [0.1, 0.15) is 0 Å². The smallest absolute Gasteiger partial charge is 0.346 e. The summed E-state index contributed by atoms with van der Waals surface area (Å²) >= 11 is 0. The Morgan fingerprint density at radius 1 is 1.18 bits per heavy atom. The van der Waals surface area contributed by atoms with Crippen LogP contribution in [0.1, 0.15) is 15.9 Å². The standard InChI is InChI=1S/C9H8N2O6/c1-5-3-7(10(13)14)8(11(15)16)4-6(5)9(12)17-2/h3-4H,1-2H3. The van der Waals surface area contributed by atoms with E-state index in [0.717, 1.165) is 19.2 Å². The number of nitro benzene ring substituents is 2. The van der Waals surface area contributed by atoms with Gasteiger partial charge in [0.25, 0.3) is 0 Å². The topological polar surface area (TPSA) is 113 Å². The van der Waals surface area contributed by atoms with Crippen molar-refractivity contribution in [1.82, 2.24) is 0 Å². The fourth-order valence-electron chi connectivity index (χ4n) is 1.30. The summed E-state index contributed by atoms with van der Waals surface area (Å²) in [6.07, 6.45) is 0. The van der Waals surface area contributed by atoms with Gasteiger partial charge < -0.3 is 4.74 Å². The summed E-state index contributed by atoms with van der Waals surface area (Å²) in [4.78, 5) is 30.8. The maximum absolute atomic E-state index is 11.3. The largest absolute Gasteiger partial charge is 0.465 e. The number of carbonyl (C=O) groups excluding carboxylic acids is 1. The van der Waals surface area contributed by atoms with Gasteiger partial charge in [-0.05, 0) is 12.5 Å². The molecular formula is C9H8N2O6. The molecule has 0 bridgehead atoms. The van der Waals surface area contributed by atoms with E-state index >= 15 is 0 Å². The van der Waals surface area contributed by atoms with E-state index in [4.69, 9.17) is 0 Å². The van der Waals surface area contributed by atoms with Crippen molar-refractivity contribution in [2.24, 2.45) is 0 Å². The lowest BCUT2D eigenvalue weighted by atomic mass is 10.1. The Morgan fingerprint density at radius 2 is 1.65 bits per heavy atom. The van der Waals surface area contributed by atoms with Crippen LogP contribution in [0.15, 0.2) is 12.1 Å². The Labute approximate surface area is 95.1 Å². The van der Waals surface area contributed by atoms with Crippen LogP contribution < -0.4 is 0 Å². The fourth-order valence-corrected chi connectivity index (χ4v) is 1.30. The van der Waals surface area contributed by atoms with Crippen molar-refractivity contribution in [2.45, 2.75) is 6.92 Å². The van der Waals surface area contributed by atoms with E-state index in [1.807, 2.05) is 0 Å². The molecule has 0 fully saturated rings. The number of nitrogens with zero attached hydrogens (tertiary/aromatic N) is 2. The highest BCUT2D eigenvalue weighted by Gasteiger charge is 2.27. The highest BCUT2D eigenvalue weighted by Crippen LogP contribution is 2.30. The molecule has 17 heavy (non-hydrogen) atoms. The van der Waals surface area contributed by atoms with Crippen LogP contribution in [0, 0.1) is 27.2 Å². The second-order valence-electron chi connectivity index (χ2n) is 3.16. The van der Waals surface area contributed by atoms with Crippen LogP contribution in [0.3, 0.4) is 0 Å². The molecule has 8 nitrogen and oxygen atoms in total. The lowest BCUT2D eigenvalue weighted by Crippen LogP contribution is -2.06. The number of nitro groups is 2.